The Morgan fingerprint density at radius 3 is 2.62 bits per heavy atom. The van der Waals surface area contributed by atoms with Crippen LogP contribution >= 0.6 is 11.6 Å². The molecule has 0 aromatic heterocycles. The van der Waals surface area contributed by atoms with Crippen LogP contribution in [0, 0.1) is 6.92 Å². The Kier molecular flexibility index (Phi) is 7.99. The molecular formula is C16H25ClN2O4S. The monoisotopic (exact) mass is 376 g/mol. The topological polar surface area (TPSA) is 75.7 Å². The molecule has 0 saturated carbocycles. The lowest BCUT2D eigenvalue weighted by atomic mass is 10.2. The van der Waals surface area contributed by atoms with Gasteiger partial charge in [0, 0.05) is 18.2 Å². The minimum Gasteiger partial charge on any atom is -0.379 e. The molecule has 0 heterocycles. The molecule has 1 N–H and O–H groups in total. The molecule has 24 heavy (non-hydrogen) atoms. The van der Waals surface area contributed by atoms with E-state index in [1.165, 1.54) is 0 Å². The Morgan fingerprint density at radius 2 is 2.04 bits per heavy atom. The van der Waals surface area contributed by atoms with Crippen LogP contribution in [0.4, 0.5) is 5.69 Å². The highest BCUT2D eigenvalue weighted by atomic mass is 35.5. The summed E-state index contributed by atoms with van der Waals surface area (Å²) in [6.45, 7) is 6.33. The molecule has 0 aliphatic rings. The third-order valence-corrected chi connectivity index (χ3v) is 4.58. The Labute approximate surface area is 149 Å². The minimum absolute atomic E-state index is 0.146. The second-order valence-corrected chi connectivity index (χ2v) is 8.17. The largest absolute Gasteiger partial charge is 0.379 e. The van der Waals surface area contributed by atoms with Gasteiger partial charge in [0.1, 0.15) is 6.54 Å². The first-order valence-electron chi connectivity index (χ1n) is 7.73. The lowest BCUT2D eigenvalue weighted by molar-refractivity contribution is -0.119. The number of amides is 1. The van der Waals surface area contributed by atoms with Crippen LogP contribution in [0.3, 0.4) is 0 Å². The molecule has 1 amide bonds. The first kappa shape index (κ1) is 20.7. The zero-order chi connectivity index (χ0) is 18.3. The number of benzene rings is 1. The van der Waals surface area contributed by atoms with Crippen LogP contribution in [-0.2, 0) is 19.6 Å². The van der Waals surface area contributed by atoms with Crippen LogP contribution in [-0.4, -0.2) is 46.4 Å². The van der Waals surface area contributed by atoms with E-state index in [0.717, 1.165) is 16.1 Å². The standard InChI is InChI=1S/C16H25ClN2O4S/c1-12(2)23-9-5-8-18-16(20)11-19(24(4,21)22)15-10-14(17)7-6-13(15)3/h6-7,10,12H,5,8-9,11H2,1-4H3,(H,18,20). The first-order valence-corrected chi connectivity index (χ1v) is 9.96. The van der Waals surface area contributed by atoms with Crippen LogP contribution in [0.5, 0.6) is 0 Å². The van der Waals surface area contributed by atoms with Gasteiger partial charge in [-0.25, -0.2) is 8.42 Å². The Bertz CT molecular complexity index is 662. The summed E-state index contributed by atoms with van der Waals surface area (Å²) in [6.07, 6.45) is 1.88. The van der Waals surface area contributed by atoms with Gasteiger partial charge in [-0.1, -0.05) is 17.7 Å². The summed E-state index contributed by atoms with van der Waals surface area (Å²) >= 11 is 5.96. The first-order chi connectivity index (χ1) is 11.1. The van der Waals surface area contributed by atoms with Crippen LogP contribution in [0.15, 0.2) is 18.2 Å². The number of hydrogen-bond acceptors (Lipinski definition) is 4. The molecule has 0 bridgehead atoms. The molecule has 1 aromatic rings. The number of hydrogen-bond donors (Lipinski definition) is 1. The van der Waals surface area contributed by atoms with E-state index in [1.807, 2.05) is 13.8 Å². The van der Waals surface area contributed by atoms with Crippen molar-refractivity contribution in [2.45, 2.75) is 33.3 Å². The van der Waals surface area contributed by atoms with Gasteiger partial charge in [0.25, 0.3) is 0 Å². The van der Waals surface area contributed by atoms with E-state index in [0.29, 0.717) is 30.3 Å². The van der Waals surface area contributed by atoms with Crippen molar-refractivity contribution in [3.8, 4) is 0 Å². The fourth-order valence-corrected chi connectivity index (χ4v) is 3.11. The van der Waals surface area contributed by atoms with Gasteiger partial charge in [0.15, 0.2) is 0 Å². The van der Waals surface area contributed by atoms with E-state index in [4.69, 9.17) is 16.3 Å². The number of ether oxygens (including phenoxy) is 1. The van der Waals surface area contributed by atoms with Crippen molar-refractivity contribution in [2.24, 2.45) is 0 Å². The van der Waals surface area contributed by atoms with Gasteiger partial charge in [-0.15, -0.1) is 0 Å². The molecule has 0 radical (unpaired) electrons. The highest BCUT2D eigenvalue weighted by Crippen LogP contribution is 2.26. The molecule has 1 rings (SSSR count). The van der Waals surface area contributed by atoms with Gasteiger partial charge in [0.05, 0.1) is 18.0 Å². The van der Waals surface area contributed by atoms with E-state index in [2.05, 4.69) is 5.32 Å². The van der Waals surface area contributed by atoms with Gasteiger partial charge in [-0.05, 0) is 44.9 Å². The zero-order valence-electron chi connectivity index (χ0n) is 14.5. The van der Waals surface area contributed by atoms with Crippen LogP contribution in [0.25, 0.3) is 0 Å². The molecule has 0 saturated heterocycles. The number of sulfonamides is 1. The number of carbonyl (C=O) groups is 1. The fraction of sp³-hybridized carbons (Fsp3) is 0.562. The lowest BCUT2D eigenvalue weighted by Crippen LogP contribution is -2.41. The molecule has 1 aromatic carbocycles. The van der Waals surface area contributed by atoms with E-state index >= 15 is 0 Å². The summed E-state index contributed by atoms with van der Waals surface area (Å²) in [5.41, 5.74) is 1.13. The van der Waals surface area contributed by atoms with E-state index < -0.39 is 10.0 Å². The quantitative estimate of drug-likeness (QED) is 0.671. The van der Waals surface area contributed by atoms with Gasteiger partial charge < -0.3 is 10.1 Å². The summed E-state index contributed by atoms with van der Waals surface area (Å²) in [4.78, 5) is 12.1. The maximum absolute atomic E-state index is 12.1. The van der Waals surface area contributed by atoms with E-state index in [-0.39, 0.29) is 18.6 Å². The average molecular weight is 377 g/mol. The normalized spacial score (nSPS) is 11.6. The third kappa shape index (κ3) is 7.07. The summed E-state index contributed by atoms with van der Waals surface area (Å²) in [5.74, 6) is -0.371. The van der Waals surface area contributed by atoms with Gasteiger partial charge in [-0.3, -0.25) is 9.10 Å². The second kappa shape index (κ2) is 9.25. The zero-order valence-corrected chi connectivity index (χ0v) is 16.1. The number of aryl methyl sites for hydroxylation is 1. The number of nitrogens with zero attached hydrogens (tertiary/aromatic N) is 1. The summed E-state index contributed by atoms with van der Waals surface area (Å²) in [7, 11) is -3.61. The number of nitrogens with one attached hydrogen (secondary N) is 1. The predicted molar refractivity (Wildman–Crippen MR) is 97.1 cm³/mol. The Hall–Kier alpha value is -1.31. The van der Waals surface area contributed by atoms with Crippen LogP contribution in [0.2, 0.25) is 5.02 Å². The number of halogens is 1. The molecule has 136 valence electrons. The molecule has 0 unspecified atom stereocenters. The molecule has 8 heteroatoms. The van der Waals surface area contributed by atoms with Crippen molar-refractivity contribution in [1.82, 2.24) is 5.32 Å². The minimum atomic E-state index is -3.61. The summed E-state index contributed by atoms with van der Waals surface area (Å²) in [5, 5.41) is 3.12. The molecule has 6 nitrogen and oxygen atoms in total. The van der Waals surface area contributed by atoms with Crippen molar-refractivity contribution in [3.05, 3.63) is 28.8 Å². The van der Waals surface area contributed by atoms with E-state index in [1.54, 1.807) is 25.1 Å². The Balaban J connectivity index is 2.71. The predicted octanol–water partition coefficient (Wildman–Crippen LogP) is 2.35. The van der Waals surface area contributed by atoms with Gasteiger partial charge >= 0.3 is 0 Å². The number of rotatable bonds is 9. The highest BCUT2D eigenvalue weighted by Gasteiger charge is 2.22. The number of carbonyl (C=O) groups excluding carboxylic acids is 1. The van der Waals surface area contributed by atoms with Crippen molar-refractivity contribution < 1.29 is 17.9 Å². The molecule has 0 spiro atoms. The summed E-state index contributed by atoms with van der Waals surface area (Å²) < 4.78 is 30.6. The lowest BCUT2D eigenvalue weighted by Gasteiger charge is -2.23. The van der Waals surface area contributed by atoms with Crippen LogP contribution < -0.4 is 9.62 Å². The summed E-state index contributed by atoms with van der Waals surface area (Å²) in [6, 6.07) is 4.94. The van der Waals surface area contributed by atoms with Crippen molar-refractivity contribution in [2.75, 3.05) is 30.3 Å². The van der Waals surface area contributed by atoms with Crippen LogP contribution in [0.1, 0.15) is 25.8 Å². The smallest absolute Gasteiger partial charge is 0.240 e. The van der Waals surface area contributed by atoms with Gasteiger partial charge in [-0.2, -0.15) is 0 Å². The maximum atomic E-state index is 12.1. The van der Waals surface area contributed by atoms with Crippen molar-refractivity contribution in [3.63, 3.8) is 0 Å². The Morgan fingerprint density at radius 1 is 1.38 bits per heavy atom. The fourth-order valence-electron chi connectivity index (χ4n) is 2.04. The number of anilines is 1. The molecule has 0 aliphatic carbocycles. The second-order valence-electron chi connectivity index (χ2n) is 5.82. The molecule has 0 fully saturated rings. The molecular weight excluding hydrogens is 352 g/mol. The SMILES string of the molecule is Cc1ccc(Cl)cc1N(CC(=O)NCCCOC(C)C)S(C)(=O)=O. The molecule has 0 aliphatic heterocycles. The molecule has 0 atom stereocenters. The van der Waals surface area contributed by atoms with Crippen molar-refractivity contribution in [1.29, 1.82) is 0 Å². The van der Waals surface area contributed by atoms with Crippen molar-refractivity contribution >= 4 is 33.2 Å². The highest BCUT2D eigenvalue weighted by molar-refractivity contribution is 7.92. The average Bonchev–Trinajstić information content (AvgIpc) is 2.45. The van der Waals surface area contributed by atoms with E-state index in [9.17, 15) is 13.2 Å². The maximum Gasteiger partial charge on any atom is 0.240 e. The third-order valence-electron chi connectivity index (χ3n) is 3.22. The van der Waals surface area contributed by atoms with Gasteiger partial charge in [0.2, 0.25) is 15.9 Å².